The second-order valence-electron chi connectivity index (χ2n) is 5.10. The first kappa shape index (κ1) is 12.7. The number of fused-ring (bicyclic) bond motifs is 1. The normalized spacial score (nSPS) is 24.4. The minimum Gasteiger partial charge on any atom is -0.340 e. The van der Waals surface area contributed by atoms with E-state index in [4.69, 9.17) is 0 Å². The van der Waals surface area contributed by atoms with E-state index in [1.807, 2.05) is 48.6 Å². The molecule has 4 heteroatoms. The summed E-state index contributed by atoms with van der Waals surface area (Å²) in [5.41, 5.74) is 1.54. The first-order valence-electron chi connectivity index (χ1n) is 6.77. The molecule has 1 fully saturated rings. The Labute approximate surface area is 117 Å². The fourth-order valence-electron chi connectivity index (χ4n) is 2.67. The molecule has 2 aliphatic rings. The number of nitrogens with one attached hydrogen (secondary N) is 2. The molecule has 3 rings (SSSR count). The van der Waals surface area contributed by atoms with Gasteiger partial charge in [0, 0.05) is 11.3 Å². The van der Waals surface area contributed by atoms with Crippen LogP contribution < -0.4 is 10.6 Å². The van der Waals surface area contributed by atoms with E-state index in [1.54, 1.807) is 0 Å². The van der Waals surface area contributed by atoms with Crippen LogP contribution in [0.25, 0.3) is 0 Å². The third kappa shape index (κ3) is 2.50. The lowest BCUT2D eigenvalue weighted by Crippen LogP contribution is -2.50. The highest BCUT2D eigenvalue weighted by Gasteiger charge is 2.34. The number of amides is 2. The number of allylic oxidation sites excluding steroid dienone is 3. The van der Waals surface area contributed by atoms with Crippen molar-refractivity contribution in [3.8, 4) is 0 Å². The van der Waals surface area contributed by atoms with Gasteiger partial charge in [-0.3, -0.25) is 9.59 Å². The van der Waals surface area contributed by atoms with E-state index in [-0.39, 0.29) is 17.7 Å². The zero-order chi connectivity index (χ0) is 13.9. The third-order valence-electron chi connectivity index (χ3n) is 3.72. The van der Waals surface area contributed by atoms with Crippen molar-refractivity contribution in [3.05, 3.63) is 54.1 Å². The monoisotopic (exact) mass is 268 g/mol. The lowest BCUT2D eigenvalue weighted by atomic mass is 9.82. The molecule has 2 amide bonds. The zero-order valence-electron chi connectivity index (χ0n) is 11.0. The molecule has 0 radical (unpaired) electrons. The number of anilines is 1. The summed E-state index contributed by atoms with van der Waals surface area (Å²) in [5, 5.41) is 5.62. The summed E-state index contributed by atoms with van der Waals surface area (Å²) >= 11 is 0. The quantitative estimate of drug-likeness (QED) is 0.862. The molecule has 0 bridgehead atoms. The number of hydrogen-bond donors (Lipinski definition) is 2. The minimum atomic E-state index is -0.462. The second-order valence-corrected chi connectivity index (χ2v) is 5.10. The molecule has 1 aromatic rings. The zero-order valence-corrected chi connectivity index (χ0v) is 11.0. The van der Waals surface area contributed by atoms with E-state index in [1.165, 1.54) is 0 Å². The van der Waals surface area contributed by atoms with Crippen molar-refractivity contribution in [2.75, 3.05) is 5.32 Å². The van der Waals surface area contributed by atoms with Crippen LogP contribution in [0.1, 0.15) is 12.8 Å². The number of carbonyl (C=O) groups is 2. The Kier molecular flexibility index (Phi) is 3.37. The van der Waals surface area contributed by atoms with E-state index in [2.05, 4.69) is 10.6 Å². The molecule has 2 N–H and O–H groups in total. The summed E-state index contributed by atoms with van der Waals surface area (Å²) in [6.45, 7) is 0. The number of benzene rings is 1. The van der Waals surface area contributed by atoms with Gasteiger partial charge in [-0.05, 0) is 30.9 Å². The Morgan fingerprint density at radius 1 is 1.25 bits per heavy atom. The molecule has 1 heterocycles. The van der Waals surface area contributed by atoms with Gasteiger partial charge < -0.3 is 10.6 Å². The Bertz CT molecular complexity index is 590. The van der Waals surface area contributed by atoms with E-state index >= 15 is 0 Å². The summed E-state index contributed by atoms with van der Waals surface area (Å²) < 4.78 is 0. The van der Waals surface area contributed by atoms with Crippen molar-refractivity contribution in [1.29, 1.82) is 0 Å². The van der Waals surface area contributed by atoms with Crippen LogP contribution in [0.4, 0.5) is 5.69 Å². The average Bonchev–Trinajstić information content (AvgIpc) is 2.48. The van der Waals surface area contributed by atoms with Crippen LogP contribution in [0, 0.1) is 5.92 Å². The fraction of sp³-hybridized carbons (Fsp3) is 0.250. The van der Waals surface area contributed by atoms with Gasteiger partial charge in [0.1, 0.15) is 6.04 Å². The maximum absolute atomic E-state index is 12.2. The van der Waals surface area contributed by atoms with Gasteiger partial charge in [-0.2, -0.15) is 0 Å². The predicted molar refractivity (Wildman–Crippen MR) is 76.9 cm³/mol. The van der Waals surface area contributed by atoms with E-state index < -0.39 is 6.04 Å². The van der Waals surface area contributed by atoms with Crippen LogP contribution in [0.3, 0.4) is 0 Å². The van der Waals surface area contributed by atoms with Crippen molar-refractivity contribution >= 4 is 17.5 Å². The fourth-order valence-corrected chi connectivity index (χ4v) is 2.67. The van der Waals surface area contributed by atoms with Crippen molar-refractivity contribution in [2.45, 2.75) is 18.9 Å². The van der Waals surface area contributed by atoms with Crippen LogP contribution in [0.2, 0.25) is 0 Å². The van der Waals surface area contributed by atoms with E-state index in [0.717, 1.165) is 17.7 Å². The van der Waals surface area contributed by atoms with Crippen LogP contribution >= 0.6 is 0 Å². The van der Waals surface area contributed by atoms with Gasteiger partial charge in [0.2, 0.25) is 11.8 Å². The molecule has 102 valence electrons. The first-order chi connectivity index (χ1) is 9.74. The highest BCUT2D eigenvalue weighted by molar-refractivity contribution is 6.02. The summed E-state index contributed by atoms with van der Waals surface area (Å²) in [6.07, 6.45) is 7.26. The summed E-state index contributed by atoms with van der Waals surface area (Å²) in [6, 6.07) is 8.82. The molecule has 0 spiro atoms. The Morgan fingerprint density at radius 3 is 2.85 bits per heavy atom. The summed E-state index contributed by atoms with van der Waals surface area (Å²) in [4.78, 5) is 24.2. The van der Waals surface area contributed by atoms with E-state index in [9.17, 15) is 9.59 Å². The highest BCUT2D eigenvalue weighted by Crippen LogP contribution is 2.29. The molecule has 20 heavy (non-hydrogen) atoms. The molecule has 0 saturated carbocycles. The lowest BCUT2D eigenvalue weighted by Gasteiger charge is -2.31. The largest absolute Gasteiger partial charge is 0.340 e. The van der Waals surface area contributed by atoms with Crippen LogP contribution in [-0.2, 0) is 9.59 Å². The van der Waals surface area contributed by atoms with Gasteiger partial charge in [0.25, 0.3) is 0 Å². The maximum Gasteiger partial charge on any atom is 0.248 e. The Morgan fingerprint density at radius 2 is 2.05 bits per heavy atom. The Balaban J connectivity index is 1.69. The smallest absolute Gasteiger partial charge is 0.248 e. The molecule has 1 aliphatic heterocycles. The summed E-state index contributed by atoms with van der Waals surface area (Å²) in [5.74, 6) is -0.128. The molecule has 1 aromatic carbocycles. The van der Waals surface area contributed by atoms with Crippen LogP contribution in [-0.4, -0.2) is 17.9 Å². The first-order valence-corrected chi connectivity index (χ1v) is 6.77. The number of piperidine rings is 1. The lowest BCUT2D eigenvalue weighted by molar-refractivity contribution is -0.126. The minimum absolute atomic E-state index is 0.126. The molecule has 1 saturated heterocycles. The average molecular weight is 268 g/mol. The van der Waals surface area contributed by atoms with Gasteiger partial charge in [0.05, 0.1) is 0 Å². The number of rotatable bonds is 2. The molecular formula is C16H16N2O2. The SMILES string of the molecule is O=C1NC(C(=O)Nc2ccccc2)CC2CC=CC=C12. The standard InChI is InChI=1S/C16H16N2O2/c19-15-13-9-5-4-6-11(13)10-14(18-15)16(20)17-12-7-2-1-3-8-12/h1-5,7-9,11,14H,6,10H2,(H,17,20)(H,18,19). The topological polar surface area (TPSA) is 58.2 Å². The van der Waals surface area contributed by atoms with Crippen molar-refractivity contribution in [1.82, 2.24) is 5.32 Å². The van der Waals surface area contributed by atoms with Gasteiger partial charge in [-0.15, -0.1) is 0 Å². The molecule has 4 nitrogen and oxygen atoms in total. The Hall–Kier alpha value is -2.36. The third-order valence-corrected chi connectivity index (χ3v) is 3.72. The van der Waals surface area contributed by atoms with Gasteiger partial charge in [-0.1, -0.05) is 36.4 Å². The predicted octanol–water partition coefficient (Wildman–Crippen LogP) is 2.02. The highest BCUT2D eigenvalue weighted by atomic mass is 16.2. The number of carbonyl (C=O) groups excluding carboxylic acids is 2. The van der Waals surface area contributed by atoms with Crippen molar-refractivity contribution in [2.24, 2.45) is 5.92 Å². The van der Waals surface area contributed by atoms with Crippen molar-refractivity contribution < 1.29 is 9.59 Å². The number of hydrogen-bond acceptors (Lipinski definition) is 2. The van der Waals surface area contributed by atoms with E-state index in [0.29, 0.717) is 6.42 Å². The van der Waals surface area contributed by atoms with Gasteiger partial charge in [0.15, 0.2) is 0 Å². The van der Waals surface area contributed by atoms with Crippen LogP contribution in [0.15, 0.2) is 54.1 Å². The molecular weight excluding hydrogens is 252 g/mol. The molecule has 0 aromatic heterocycles. The molecule has 2 atom stereocenters. The second kappa shape index (κ2) is 5.33. The van der Waals surface area contributed by atoms with Crippen LogP contribution in [0.5, 0.6) is 0 Å². The van der Waals surface area contributed by atoms with Crippen molar-refractivity contribution in [3.63, 3.8) is 0 Å². The summed E-state index contributed by atoms with van der Waals surface area (Å²) in [7, 11) is 0. The van der Waals surface area contributed by atoms with Gasteiger partial charge in [-0.25, -0.2) is 0 Å². The molecule has 2 unspecified atom stereocenters. The van der Waals surface area contributed by atoms with Gasteiger partial charge >= 0.3 is 0 Å². The number of para-hydroxylation sites is 1. The molecule has 1 aliphatic carbocycles. The maximum atomic E-state index is 12.2.